The highest BCUT2D eigenvalue weighted by molar-refractivity contribution is 7.80. The average Bonchev–Trinajstić information content (AvgIpc) is 2.29. The number of hydrogen-bond donors (Lipinski definition) is 2. The number of aliphatic hydroxyl groups is 1. The van der Waals surface area contributed by atoms with Crippen molar-refractivity contribution >= 4 is 34.5 Å². The van der Waals surface area contributed by atoms with Crippen molar-refractivity contribution in [1.82, 2.24) is 0 Å². The number of halogens is 1. The van der Waals surface area contributed by atoms with Crippen molar-refractivity contribution < 1.29 is 5.11 Å². The summed E-state index contributed by atoms with van der Waals surface area (Å²) in [7, 11) is 0. The molecule has 0 spiro atoms. The Kier molecular flexibility index (Phi) is 3.80. The van der Waals surface area contributed by atoms with Crippen LogP contribution >= 0.6 is 23.8 Å². The number of nitrogens with two attached hydrogens (primary N) is 1. The summed E-state index contributed by atoms with van der Waals surface area (Å²) in [5.74, 6) is 0. The van der Waals surface area contributed by atoms with Crippen molar-refractivity contribution in [2.45, 2.75) is 25.4 Å². The van der Waals surface area contributed by atoms with Crippen LogP contribution in [-0.2, 0) is 0 Å². The zero-order valence-electron chi connectivity index (χ0n) is 10.3. The summed E-state index contributed by atoms with van der Waals surface area (Å²) in [6, 6.07) is 5.62. The highest BCUT2D eigenvalue weighted by atomic mass is 35.5. The van der Waals surface area contributed by atoms with Crippen molar-refractivity contribution in [3.8, 4) is 0 Å². The van der Waals surface area contributed by atoms with Gasteiger partial charge in [-0.05, 0) is 38.0 Å². The number of piperidine rings is 1. The molecule has 18 heavy (non-hydrogen) atoms. The molecule has 0 aliphatic carbocycles. The normalized spacial score (nSPS) is 18.7. The molecule has 0 amide bonds. The molecule has 1 aliphatic rings. The molecule has 0 radical (unpaired) electrons. The Bertz CT molecular complexity index is 466. The van der Waals surface area contributed by atoms with Gasteiger partial charge in [-0.15, -0.1) is 0 Å². The fourth-order valence-electron chi connectivity index (χ4n) is 2.15. The Morgan fingerprint density at radius 3 is 2.56 bits per heavy atom. The van der Waals surface area contributed by atoms with Crippen molar-refractivity contribution in [2.24, 2.45) is 5.73 Å². The van der Waals surface area contributed by atoms with E-state index in [4.69, 9.17) is 29.6 Å². The van der Waals surface area contributed by atoms with Crippen LogP contribution in [0.5, 0.6) is 0 Å². The molecule has 3 N–H and O–H groups in total. The molecule has 1 saturated heterocycles. The van der Waals surface area contributed by atoms with Crippen LogP contribution < -0.4 is 10.6 Å². The van der Waals surface area contributed by atoms with E-state index in [-0.39, 0.29) is 0 Å². The van der Waals surface area contributed by atoms with Gasteiger partial charge in [0.25, 0.3) is 0 Å². The van der Waals surface area contributed by atoms with Crippen molar-refractivity contribution in [3.63, 3.8) is 0 Å². The minimum absolute atomic E-state index is 0.352. The second kappa shape index (κ2) is 5.03. The Hall–Kier alpha value is -0.840. The first-order valence-electron chi connectivity index (χ1n) is 5.96. The molecule has 0 aromatic heterocycles. The van der Waals surface area contributed by atoms with Crippen LogP contribution in [0.15, 0.2) is 18.2 Å². The van der Waals surface area contributed by atoms with E-state index in [9.17, 15) is 5.11 Å². The van der Waals surface area contributed by atoms with Crippen molar-refractivity contribution in [3.05, 3.63) is 28.8 Å². The summed E-state index contributed by atoms with van der Waals surface area (Å²) in [5.41, 5.74) is 6.78. The molecule has 0 saturated carbocycles. The SMILES string of the molecule is CC1(O)CCN(c2ccc(C(N)=S)cc2Cl)CC1. The van der Waals surface area contributed by atoms with Gasteiger partial charge in [0.15, 0.2) is 0 Å². The second-order valence-corrected chi connectivity index (χ2v) is 5.86. The van der Waals surface area contributed by atoms with Crippen LogP contribution in [-0.4, -0.2) is 28.8 Å². The van der Waals surface area contributed by atoms with E-state index < -0.39 is 5.60 Å². The van der Waals surface area contributed by atoms with E-state index in [1.165, 1.54) is 0 Å². The molecule has 0 unspecified atom stereocenters. The van der Waals surface area contributed by atoms with Gasteiger partial charge in [-0.2, -0.15) is 0 Å². The molecular weight excluding hydrogens is 268 g/mol. The van der Waals surface area contributed by atoms with E-state index in [1.807, 2.05) is 19.1 Å². The maximum atomic E-state index is 9.93. The monoisotopic (exact) mass is 284 g/mol. The van der Waals surface area contributed by atoms with Gasteiger partial charge in [-0.1, -0.05) is 23.8 Å². The molecule has 1 heterocycles. The van der Waals surface area contributed by atoms with Crippen LogP contribution in [0.3, 0.4) is 0 Å². The fraction of sp³-hybridized carbons (Fsp3) is 0.462. The van der Waals surface area contributed by atoms with E-state index in [0.717, 1.165) is 37.2 Å². The predicted octanol–water partition coefficient (Wildman–Crippen LogP) is 2.33. The smallest absolute Gasteiger partial charge is 0.104 e. The maximum Gasteiger partial charge on any atom is 0.104 e. The minimum atomic E-state index is -0.554. The van der Waals surface area contributed by atoms with Crippen LogP contribution in [0.25, 0.3) is 0 Å². The van der Waals surface area contributed by atoms with E-state index >= 15 is 0 Å². The molecule has 1 aromatic carbocycles. The zero-order chi connectivity index (χ0) is 13.3. The number of nitrogens with zero attached hydrogens (tertiary/aromatic N) is 1. The Labute approximate surface area is 118 Å². The van der Waals surface area contributed by atoms with E-state index in [0.29, 0.717) is 10.0 Å². The number of benzene rings is 1. The number of thiocarbonyl (C=S) groups is 1. The van der Waals surface area contributed by atoms with Crippen molar-refractivity contribution in [1.29, 1.82) is 0 Å². The van der Waals surface area contributed by atoms with E-state index in [1.54, 1.807) is 6.07 Å². The molecule has 1 fully saturated rings. The topological polar surface area (TPSA) is 49.5 Å². The number of anilines is 1. The van der Waals surface area contributed by atoms with Gasteiger partial charge in [-0.25, -0.2) is 0 Å². The minimum Gasteiger partial charge on any atom is -0.390 e. The summed E-state index contributed by atoms with van der Waals surface area (Å²) < 4.78 is 0. The van der Waals surface area contributed by atoms with Gasteiger partial charge >= 0.3 is 0 Å². The third kappa shape index (κ3) is 2.94. The standard InChI is InChI=1S/C13H17ClN2OS/c1-13(17)4-6-16(7-5-13)11-3-2-9(12(15)18)8-10(11)14/h2-3,8,17H,4-7H2,1H3,(H2,15,18). The number of hydrogen-bond acceptors (Lipinski definition) is 3. The van der Waals surface area contributed by atoms with Gasteiger partial charge in [-0.3, -0.25) is 0 Å². The van der Waals surface area contributed by atoms with Gasteiger partial charge in [0.2, 0.25) is 0 Å². The fourth-order valence-corrected chi connectivity index (χ4v) is 2.57. The molecule has 98 valence electrons. The molecule has 5 heteroatoms. The number of rotatable bonds is 2. The first-order valence-corrected chi connectivity index (χ1v) is 6.74. The summed E-state index contributed by atoms with van der Waals surface area (Å²) >= 11 is 11.2. The summed E-state index contributed by atoms with van der Waals surface area (Å²) in [4.78, 5) is 2.54. The van der Waals surface area contributed by atoms with Gasteiger partial charge in [0.05, 0.1) is 16.3 Å². The molecule has 0 bridgehead atoms. The lowest BCUT2D eigenvalue weighted by atomic mass is 9.93. The van der Waals surface area contributed by atoms with E-state index in [2.05, 4.69) is 4.90 Å². The quantitative estimate of drug-likeness (QED) is 0.819. The average molecular weight is 285 g/mol. The van der Waals surface area contributed by atoms with Gasteiger partial charge in [0.1, 0.15) is 4.99 Å². The largest absolute Gasteiger partial charge is 0.390 e. The summed E-state index contributed by atoms with van der Waals surface area (Å²) in [6.07, 6.45) is 1.50. The highest BCUT2D eigenvalue weighted by Crippen LogP contribution is 2.31. The van der Waals surface area contributed by atoms with Crippen molar-refractivity contribution in [2.75, 3.05) is 18.0 Å². The zero-order valence-corrected chi connectivity index (χ0v) is 11.9. The molecule has 1 aromatic rings. The molecular formula is C13H17ClN2OS. The lowest BCUT2D eigenvalue weighted by Crippen LogP contribution is -2.42. The first-order chi connectivity index (χ1) is 8.39. The summed E-state index contributed by atoms with van der Waals surface area (Å²) in [6.45, 7) is 3.49. The molecule has 0 atom stereocenters. The Morgan fingerprint density at radius 1 is 1.44 bits per heavy atom. The predicted molar refractivity (Wildman–Crippen MR) is 79.4 cm³/mol. The lowest BCUT2D eigenvalue weighted by Gasteiger charge is -2.37. The lowest BCUT2D eigenvalue weighted by molar-refractivity contribution is 0.0351. The van der Waals surface area contributed by atoms with Crippen LogP contribution in [0.4, 0.5) is 5.69 Å². The molecule has 2 rings (SSSR count). The van der Waals surface area contributed by atoms with Crippen LogP contribution in [0.2, 0.25) is 5.02 Å². The van der Waals surface area contributed by atoms with Gasteiger partial charge < -0.3 is 15.7 Å². The first kappa shape index (κ1) is 13.6. The Morgan fingerprint density at radius 2 is 2.06 bits per heavy atom. The van der Waals surface area contributed by atoms with Gasteiger partial charge in [0, 0.05) is 18.7 Å². The Balaban J connectivity index is 2.17. The third-order valence-electron chi connectivity index (χ3n) is 3.41. The second-order valence-electron chi connectivity index (χ2n) is 5.01. The third-order valence-corrected chi connectivity index (χ3v) is 3.95. The molecule has 3 nitrogen and oxygen atoms in total. The maximum absolute atomic E-state index is 9.93. The highest BCUT2D eigenvalue weighted by Gasteiger charge is 2.28. The summed E-state index contributed by atoms with van der Waals surface area (Å²) in [5, 5.41) is 10.6. The van der Waals surface area contributed by atoms with Crippen LogP contribution in [0.1, 0.15) is 25.3 Å². The molecule has 1 aliphatic heterocycles. The van der Waals surface area contributed by atoms with Crippen LogP contribution in [0, 0.1) is 0 Å².